The van der Waals surface area contributed by atoms with Gasteiger partial charge in [0.25, 0.3) is 0 Å². The Labute approximate surface area is 123 Å². The van der Waals surface area contributed by atoms with Gasteiger partial charge in [-0.05, 0) is 44.7 Å². The molecule has 4 heteroatoms. The summed E-state index contributed by atoms with van der Waals surface area (Å²) in [7, 11) is 1.63. The Bertz CT molecular complexity index is 267. The van der Waals surface area contributed by atoms with Crippen LogP contribution >= 0.6 is 0 Å². The summed E-state index contributed by atoms with van der Waals surface area (Å²) in [6.07, 6.45) is 7.67. The topological polar surface area (TPSA) is 44.7 Å². The Hall–Kier alpha value is -0.160. The van der Waals surface area contributed by atoms with Crippen molar-refractivity contribution in [2.45, 2.75) is 63.6 Å². The number of hydrogen-bond acceptors (Lipinski definition) is 4. The van der Waals surface area contributed by atoms with Gasteiger partial charge in [0.1, 0.15) is 0 Å². The molecule has 1 saturated heterocycles. The molecule has 2 rings (SSSR count). The van der Waals surface area contributed by atoms with Gasteiger partial charge in [-0.2, -0.15) is 0 Å². The molecule has 0 aromatic heterocycles. The van der Waals surface area contributed by atoms with Gasteiger partial charge in [0, 0.05) is 25.7 Å². The first-order valence-electron chi connectivity index (χ1n) is 8.33. The Morgan fingerprint density at radius 1 is 1.25 bits per heavy atom. The number of aliphatic hydroxyl groups excluding tert-OH is 1. The molecule has 0 radical (unpaired) electrons. The number of ether oxygens (including phenoxy) is 1. The minimum absolute atomic E-state index is 0.378. The first kappa shape index (κ1) is 16.2. The fraction of sp³-hybridized carbons (Fsp3) is 1.00. The van der Waals surface area contributed by atoms with Crippen molar-refractivity contribution in [3.05, 3.63) is 0 Å². The maximum atomic E-state index is 9.67. The molecule has 3 atom stereocenters. The maximum Gasteiger partial charge on any atom is 0.0897 e. The molecule has 0 bridgehead atoms. The van der Waals surface area contributed by atoms with E-state index in [9.17, 15) is 5.11 Å². The molecule has 1 heterocycles. The smallest absolute Gasteiger partial charge is 0.0897 e. The summed E-state index contributed by atoms with van der Waals surface area (Å²) >= 11 is 0. The molecule has 118 valence electrons. The fourth-order valence-corrected chi connectivity index (χ4v) is 3.76. The number of nitrogens with zero attached hydrogens (tertiary/aromatic N) is 1. The zero-order valence-corrected chi connectivity index (χ0v) is 13.2. The highest BCUT2D eigenvalue weighted by Crippen LogP contribution is 2.29. The van der Waals surface area contributed by atoms with Gasteiger partial charge < -0.3 is 20.1 Å². The molecule has 4 nitrogen and oxygen atoms in total. The Morgan fingerprint density at radius 3 is 2.65 bits per heavy atom. The highest BCUT2D eigenvalue weighted by molar-refractivity contribution is 4.85. The van der Waals surface area contributed by atoms with E-state index in [1.807, 2.05) is 0 Å². The van der Waals surface area contributed by atoms with Crippen LogP contribution in [0, 0.1) is 5.92 Å². The lowest BCUT2D eigenvalue weighted by atomic mass is 9.85. The van der Waals surface area contributed by atoms with Crippen molar-refractivity contribution in [1.82, 2.24) is 10.2 Å². The van der Waals surface area contributed by atoms with E-state index in [0.717, 1.165) is 12.0 Å². The average molecular weight is 284 g/mol. The monoisotopic (exact) mass is 284 g/mol. The molecule has 0 aromatic rings. The third-order valence-electron chi connectivity index (χ3n) is 4.96. The molecular formula is C16H32N2O2. The van der Waals surface area contributed by atoms with Crippen LogP contribution in [0.3, 0.4) is 0 Å². The van der Waals surface area contributed by atoms with Crippen molar-refractivity contribution in [2.24, 2.45) is 5.92 Å². The quantitative estimate of drug-likeness (QED) is 0.778. The van der Waals surface area contributed by atoms with Crippen LogP contribution in [0.1, 0.15) is 45.4 Å². The number of likely N-dealkylation sites (tertiary alicyclic amines) is 1. The van der Waals surface area contributed by atoms with E-state index in [1.54, 1.807) is 7.11 Å². The SMILES string of the molecule is COCC(O)CNC1CCN(C2CCCC(C)C2)CC1. The van der Waals surface area contributed by atoms with Gasteiger partial charge >= 0.3 is 0 Å². The van der Waals surface area contributed by atoms with E-state index in [2.05, 4.69) is 17.1 Å². The second kappa shape index (κ2) is 8.32. The van der Waals surface area contributed by atoms with E-state index in [1.165, 1.54) is 51.6 Å². The van der Waals surface area contributed by atoms with E-state index in [0.29, 0.717) is 19.2 Å². The molecule has 3 unspecified atom stereocenters. The van der Waals surface area contributed by atoms with Gasteiger partial charge in [0.2, 0.25) is 0 Å². The average Bonchev–Trinajstić information content (AvgIpc) is 2.46. The number of aliphatic hydroxyl groups is 1. The molecule has 0 spiro atoms. The number of piperidine rings is 1. The summed E-state index contributed by atoms with van der Waals surface area (Å²) in [5.74, 6) is 0.911. The molecule has 1 saturated carbocycles. The first-order chi connectivity index (χ1) is 9.69. The van der Waals surface area contributed by atoms with E-state index in [4.69, 9.17) is 4.74 Å². The van der Waals surface area contributed by atoms with Gasteiger partial charge in [0.15, 0.2) is 0 Å². The molecule has 2 fully saturated rings. The Morgan fingerprint density at radius 2 is 2.00 bits per heavy atom. The van der Waals surface area contributed by atoms with Crippen LogP contribution in [0.4, 0.5) is 0 Å². The minimum Gasteiger partial charge on any atom is -0.389 e. The summed E-state index contributed by atoms with van der Waals surface area (Å²) in [6, 6.07) is 1.40. The van der Waals surface area contributed by atoms with Gasteiger partial charge in [-0.3, -0.25) is 0 Å². The van der Waals surface area contributed by atoms with Crippen LogP contribution < -0.4 is 5.32 Å². The van der Waals surface area contributed by atoms with Gasteiger partial charge in [-0.15, -0.1) is 0 Å². The van der Waals surface area contributed by atoms with Crippen LogP contribution in [0.2, 0.25) is 0 Å². The predicted molar refractivity (Wildman–Crippen MR) is 81.9 cm³/mol. The van der Waals surface area contributed by atoms with Crippen molar-refractivity contribution < 1.29 is 9.84 Å². The van der Waals surface area contributed by atoms with Crippen molar-refractivity contribution >= 4 is 0 Å². The van der Waals surface area contributed by atoms with E-state index >= 15 is 0 Å². The molecular weight excluding hydrogens is 252 g/mol. The van der Waals surface area contributed by atoms with Crippen LogP contribution in [-0.2, 0) is 4.74 Å². The van der Waals surface area contributed by atoms with Crippen molar-refractivity contribution in [2.75, 3.05) is 33.4 Å². The molecule has 2 N–H and O–H groups in total. The summed E-state index contributed by atoms with van der Waals surface area (Å²) < 4.78 is 4.95. The van der Waals surface area contributed by atoms with Crippen molar-refractivity contribution in [1.29, 1.82) is 0 Å². The number of rotatable bonds is 6. The number of methoxy groups -OCH3 is 1. The summed E-state index contributed by atoms with van der Waals surface area (Å²) in [4.78, 5) is 2.71. The Balaban J connectivity index is 1.64. The van der Waals surface area contributed by atoms with Gasteiger partial charge in [-0.25, -0.2) is 0 Å². The third-order valence-corrected chi connectivity index (χ3v) is 4.96. The van der Waals surface area contributed by atoms with Crippen LogP contribution in [0.25, 0.3) is 0 Å². The third kappa shape index (κ3) is 4.99. The zero-order chi connectivity index (χ0) is 14.4. The normalized spacial score (nSPS) is 31.4. The highest BCUT2D eigenvalue weighted by atomic mass is 16.5. The largest absolute Gasteiger partial charge is 0.389 e. The van der Waals surface area contributed by atoms with Crippen LogP contribution in [0.15, 0.2) is 0 Å². The van der Waals surface area contributed by atoms with Crippen molar-refractivity contribution in [3.63, 3.8) is 0 Å². The van der Waals surface area contributed by atoms with E-state index < -0.39 is 0 Å². The van der Waals surface area contributed by atoms with E-state index in [-0.39, 0.29) is 6.10 Å². The standard InChI is InChI=1S/C16H32N2O2/c1-13-4-3-5-15(10-13)18-8-6-14(7-9-18)17-11-16(19)12-20-2/h13-17,19H,3-12H2,1-2H3. The Kier molecular flexibility index (Phi) is 6.75. The van der Waals surface area contributed by atoms with Crippen LogP contribution in [0.5, 0.6) is 0 Å². The zero-order valence-electron chi connectivity index (χ0n) is 13.2. The lowest BCUT2D eigenvalue weighted by Gasteiger charge is -2.41. The summed E-state index contributed by atoms with van der Waals surface area (Å²) in [5.41, 5.74) is 0. The highest BCUT2D eigenvalue weighted by Gasteiger charge is 2.28. The number of hydrogen-bond donors (Lipinski definition) is 2. The van der Waals surface area contributed by atoms with Gasteiger partial charge in [0.05, 0.1) is 12.7 Å². The first-order valence-corrected chi connectivity index (χ1v) is 8.33. The molecule has 0 aromatic carbocycles. The summed E-state index contributed by atoms with van der Waals surface area (Å²) in [6.45, 7) is 5.91. The summed E-state index contributed by atoms with van der Waals surface area (Å²) in [5, 5.41) is 13.1. The predicted octanol–water partition coefficient (Wildman–Crippen LogP) is 1.63. The molecule has 0 amide bonds. The molecule has 2 aliphatic rings. The minimum atomic E-state index is -0.378. The number of nitrogens with one attached hydrogen (secondary N) is 1. The van der Waals surface area contributed by atoms with Gasteiger partial charge in [-0.1, -0.05) is 19.8 Å². The second-order valence-corrected chi connectivity index (χ2v) is 6.75. The van der Waals surface area contributed by atoms with Crippen LogP contribution in [-0.4, -0.2) is 61.5 Å². The molecule has 20 heavy (non-hydrogen) atoms. The fourth-order valence-electron chi connectivity index (χ4n) is 3.76. The molecule has 1 aliphatic heterocycles. The maximum absolute atomic E-state index is 9.67. The second-order valence-electron chi connectivity index (χ2n) is 6.75. The van der Waals surface area contributed by atoms with Crippen molar-refractivity contribution in [3.8, 4) is 0 Å². The molecule has 1 aliphatic carbocycles. The lowest BCUT2D eigenvalue weighted by molar-refractivity contribution is 0.0569. The lowest BCUT2D eigenvalue weighted by Crippen LogP contribution is -2.49.